The smallest absolute Gasteiger partial charge is 0.0461 e. The molecule has 0 aromatic heterocycles. The second-order valence-electron chi connectivity index (χ2n) is 9.43. The molecule has 2 aromatic carbocycles. The zero-order valence-electron chi connectivity index (χ0n) is 26.7. The van der Waals surface area contributed by atoms with E-state index in [0.717, 1.165) is 45.3 Å². The first-order valence-electron chi connectivity index (χ1n) is 14.8. The third kappa shape index (κ3) is 10.6. The van der Waals surface area contributed by atoms with Crippen molar-refractivity contribution in [3.05, 3.63) is 257 Å². The summed E-state index contributed by atoms with van der Waals surface area (Å²) in [6, 6.07) is 20.2. The molecule has 0 spiro atoms. The van der Waals surface area contributed by atoms with E-state index in [0.29, 0.717) is 0 Å². The van der Waals surface area contributed by atoms with Crippen molar-refractivity contribution in [1.82, 2.24) is 0 Å². The number of benzene rings is 2. The molecule has 2 aromatic rings. The molecule has 2 rings (SSSR count). The van der Waals surface area contributed by atoms with Gasteiger partial charge in [-0.2, -0.15) is 0 Å². The van der Waals surface area contributed by atoms with Crippen molar-refractivity contribution >= 4 is 11.4 Å². The van der Waals surface area contributed by atoms with Crippen LogP contribution in [-0.2, 0) is 0 Å². The highest BCUT2D eigenvalue weighted by Crippen LogP contribution is 2.28. The molecule has 0 bridgehead atoms. The zero-order chi connectivity index (χ0) is 33.6. The third-order valence-corrected chi connectivity index (χ3v) is 6.50. The largest absolute Gasteiger partial charge is 0.311 e. The van der Waals surface area contributed by atoms with E-state index in [4.69, 9.17) is 0 Å². The van der Waals surface area contributed by atoms with Crippen molar-refractivity contribution in [2.24, 2.45) is 0 Å². The molecule has 0 saturated carbocycles. The van der Waals surface area contributed by atoms with Crippen molar-refractivity contribution in [3.63, 3.8) is 0 Å². The van der Waals surface area contributed by atoms with Gasteiger partial charge in [-0.05, 0) is 84.0 Å². The fourth-order valence-electron chi connectivity index (χ4n) is 4.41. The number of para-hydroxylation sites is 2. The Morgan fingerprint density at radius 2 is 0.761 bits per heavy atom. The first-order chi connectivity index (χ1) is 22.5. The number of nitrogens with zero attached hydrogens (tertiary/aromatic N) is 2. The summed E-state index contributed by atoms with van der Waals surface area (Å²) in [7, 11) is 0. The lowest BCUT2D eigenvalue weighted by Crippen LogP contribution is -2.19. The van der Waals surface area contributed by atoms with Gasteiger partial charge in [0.15, 0.2) is 0 Å². The van der Waals surface area contributed by atoms with Crippen LogP contribution in [0.3, 0.4) is 0 Å². The molecule has 0 amide bonds. The molecule has 0 heterocycles. The SMILES string of the molecule is C=C/C=C\C(=C/C=C)N(/C(C=C)=C/C=C(C=C)/C(C=C)=C/C=C(\C=C)N(C(/C=C\C=C)=C/C=C)c1ccccc1)c1ccccc1. The highest BCUT2D eigenvalue weighted by Gasteiger charge is 2.14. The molecule has 0 saturated heterocycles. The molecule has 46 heavy (non-hydrogen) atoms. The fraction of sp³-hybridized carbons (Fsp3) is 0. The van der Waals surface area contributed by atoms with Crippen molar-refractivity contribution < 1.29 is 0 Å². The highest BCUT2D eigenvalue weighted by atomic mass is 15.2. The van der Waals surface area contributed by atoms with Crippen molar-refractivity contribution in [1.29, 1.82) is 0 Å². The van der Waals surface area contributed by atoms with Gasteiger partial charge in [-0.15, -0.1) is 0 Å². The molecule has 0 fully saturated rings. The van der Waals surface area contributed by atoms with Gasteiger partial charge in [0, 0.05) is 34.2 Å². The summed E-state index contributed by atoms with van der Waals surface area (Å²) in [4.78, 5) is 4.20. The van der Waals surface area contributed by atoms with Gasteiger partial charge in [0.2, 0.25) is 0 Å². The van der Waals surface area contributed by atoms with Gasteiger partial charge >= 0.3 is 0 Å². The minimum absolute atomic E-state index is 0.849. The molecule has 2 nitrogen and oxygen atoms in total. The van der Waals surface area contributed by atoms with Crippen molar-refractivity contribution in [2.45, 2.75) is 0 Å². The van der Waals surface area contributed by atoms with Gasteiger partial charge in [-0.25, -0.2) is 0 Å². The maximum Gasteiger partial charge on any atom is 0.0461 e. The van der Waals surface area contributed by atoms with E-state index in [1.54, 1.807) is 24.3 Å². The van der Waals surface area contributed by atoms with Gasteiger partial charge in [-0.1, -0.05) is 150 Å². The Labute approximate surface area is 277 Å². The van der Waals surface area contributed by atoms with E-state index >= 15 is 0 Å². The monoisotopic (exact) mass is 600 g/mol. The normalized spacial score (nSPS) is 13.2. The Bertz CT molecular complexity index is 1520. The minimum atomic E-state index is 0.849. The lowest BCUT2D eigenvalue weighted by atomic mass is 10.0. The van der Waals surface area contributed by atoms with E-state index in [2.05, 4.69) is 62.4 Å². The Hall–Kier alpha value is -6.12. The van der Waals surface area contributed by atoms with Gasteiger partial charge < -0.3 is 9.80 Å². The Morgan fingerprint density at radius 3 is 1.04 bits per heavy atom. The Morgan fingerprint density at radius 1 is 0.391 bits per heavy atom. The number of allylic oxidation sites excluding steroid dienone is 20. The summed E-state index contributed by atoms with van der Waals surface area (Å²) in [5, 5.41) is 0. The van der Waals surface area contributed by atoms with Crippen LogP contribution in [-0.4, -0.2) is 0 Å². The molecule has 0 N–H and O–H groups in total. The van der Waals surface area contributed by atoms with Crippen LogP contribution in [0.4, 0.5) is 11.4 Å². The molecular weight excluding hydrogens is 556 g/mol. The van der Waals surface area contributed by atoms with Gasteiger partial charge in [0.05, 0.1) is 0 Å². The van der Waals surface area contributed by atoms with Crippen LogP contribution in [0.1, 0.15) is 0 Å². The standard InChI is InChI=1S/C44H44N2/c1-9-17-27-41(25-11-3)45(43-29-21-19-22-30-43)39(15-7)35-33-37(13-5)38(14-6)34-36-40(16-8)46(44-31-23-20-24-32-44)42(26-12-4)28-18-10-2/h9-36H,1-8H2/b27-17-,28-18-,37-33+,38-34+,39-35+,40-36+,41-25+,42-26+. The predicted octanol–water partition coefficient (Wildman–Crippen LogP) is 12.0. The molecule has 0 atom stereocenters. The van der Waals surface area contributed by atoms with Crippen LogP contribution in [0.25, 0.3) is 0 Å². The van der Waals surface area contributed by atoms with Crippen LogP contribution in [0, 0.1) is 0 Å². The average Bonchev–Trinajstić information content (AvgIpc) is 3.10. The second kappa shape index (κ2) is 20.7. The van der Waals surface area contributed by atoms with Crippen LogP contribution in [0.15, 0.2) is 257 Å². The highest BCUT2D eigenvalue weighted by molar-refractivity contribution is 5.65. The van der Waals surface area contributed by atoms with Crippen molar-refractivity contribution in [2.75, 3.05) is 9.80 Å². The zero-order valence-corrected chi connectivity index (χ0v) is 26.7. The molecule has 0 radical (unpaired) electrons. The van der Waals surface area contributed by atoms with E-state index < -0.39 is 0 Å². The van der Waals surface area contributed by atoms with Crippen molar-refractivity contribution in [3.8, 4) is 0 Å². The van der Waals surface area contributed by atoms with Gasteiger partial charge in [0.25, 0.3) is 0 Å². The van der Waals surface area contributed by atoms with E-state index in [9.17, 15) is 0 Å². The van der Waals surface area contributed by atoms with Crippen LogP contribution in [0.2, 0.25) is 0 Å². The first kappa shape index (κ1) is 36.1. The maximum atomic E-state index is 4.12. The summed E-state index contributed by atoms with van der Waals surface area (Å²) >= 11 is 0. The second-order valence-corrected chi connectivity index (χ2v) is 9.43. The van der Waals surface area contributed by atoms with Crippen LogP contribution >= 0.6 is 0 Å². The summed E-state index contributed by atoms with van der Waals surface area (Å²) < 4.78 is 0. The minimum Gasteiger partial charge on any atom is -0.311 e. The third-order valence-electron chi connectivity index (χ3n) is 6.50. The fourth-order valence-corrected chi connectivity index (χ4v) is 4.41. The lowest BCUT2D eigenvalue weighted by molar-refractivity contribution is 1.14. The summed E-state index contributed by atoms with van der Waals surface area (Å²) in [6.45, 7) is 31.9. The summed E-state index contributed by atoms with van der Waals surface area (Å²) in [6.07, 6.45) is 33.9. The Kier molecular flexibility index (Phi) is 16.3. The first-order valence-corrected chi connectivity index (χ1v) is 14.8. The predicted molar refractivity (Wildman–Crippen MR) is 206 cm³/mol. The number of rotatable bonds is 19. The number of anilines is 2. The van der Waals surface area contributed by atoms with E-state index in [1.165, 1.54) is 0 Å². The van der Waals surface area contributed by atoms with E-state index in [1.807, 2.05) is 146 Å². The summed E-state index contributed by atoms with van der Waals surface area (Å²) in [5.41, 5.74) is 7.18. The maximum absolute atomic E-state index is 4.12. The topological polar surface area (TPSA) is 6.48 Å². The summed E-state index contributed by atoms with van der Waals surface area (Å²) in [5.74, 6) is 0. The van der Waals surface area contributed by atoms with Gasteiger partial charge in [0.1, 0.15) is 0 Å². The molecular formula is C44H44N2. The lowest BCUT2D eigenvalue weighted by Gasteiger charge is -2.27. The number of hydrogen-bond acceptors (Lipinski definition) is 2. The molecule has 2 heteroatoms. The number of hydrogen-bond donors (Lipinski definition) is 0. The van der Waals surface area contributed by atoms with Crippen LogP contribution < -0.4 is 9.80 Å². The van der Waals surface area contributed by atoms with E-state index in [-0.39, 0.29) is 0 Å². The molecule has 0 aliphatic heterocycles. The molecule has 0 aliphatic rings. The molecule has 0 aliphatic carbocycles. The van der Waals surface area contributed by atoms with Crippen LogP contribution in [0.5, 0.6) is 0 Å². The average molecular weight is 601 g/mol. The quantitative estimate of drug-likeness (QED) is 0.148. The Balaban J connectivity index is 2.73. The molecule has 0 unspecified atom stereocenters. The molecule has 230 valence electrons. The van der Waals surface area contributed by atoms with Gasteiger partial charge in [-0.3, -0.25) is 0 Å².